The third kappa shape index (κ3) is 9.82. The Morgan fingerprint density at radius 1 is 1.12 bits per heavy atom. The molecule has 0 rings (SSSR count). The summed E-state index contributed by atoms with van der Waals surface area (Å²) in [7, 11) is 0. The van der Waals surface area contributed by atoms with Gasteiger partial charge in [-0.15, -0.1) is 0 Å². The van der Waals surface area contributed by atoms with E-state index in [1.807, 2.05) is 0 Å². The SMILES string of the molecule is CC/C=C(\C=C/C(C)C)OCCCCCC. The van der Waals surface area contributed by atoms with Gasteiger partial charge in [0.25, 0.3) is 0 Å². The molecule has 0 saturated heterocycles. The summed E-state index contributed by atoms with van der Waals surface area (Å²) in [6.07, 6.45) is 12.5. The third-order valence-electron chi connectivity index (χ3n) is 2.32. The zero-order chi connectivity index (χ0) is 12.2. The fourth-order valence-electron chi connectivity index (χ4n) is 1.38. The van der Waals surface area contributed by atoms with E-state index in [9.17, 15) is 0 Å². The van der Waals surface area contributed by atoms with Crippen LogP contribution < -0.4 is 0 Å². The molecule has 1 heteroatoms. The molecule has 1 nitrogen and oxygen atoms in total. The molecule has 0 aliphatic heterocycles. The Morgan fingerprint density at radius 3 is 2.44 bits per heavy atom. The number of allylic oxidation sites excluding steroid dienone is 3. The first-order valence-corrected chi connectivity index (χ1v) is 6.71. The van der Waals surface area contributed by atoms with Gasteiger partial charge in [0.15, 0.2) is 0 Å². The zero-order valence-corrected chi connectivity index (χ0v) is 11.5. The third-order valence-corrected chi connectivity index (χ3v) is 2.32. The van der Waals surface area contributed by atoms with E-state index in [2.05, 4.69) is 45.9 Å². The lowest BCUT2D eigenvalue weighted by Crippen LogP contribution is -1.94. The highest BCUT2D eigenvalue weighted by Gasteiger charge is 1.94. The predicted molar refractivity (Wildman–Crippen MR) is 72.4 cm³/mol. The molecular weight excluding hydrogens is 196 g/mol. The fraction of sp³-hybridized carbons (Fsp3) is 0.733. The average Bonchev–Trinajstić information content (AvgIpc) is 2.25. The quantitative estimate of drug-likeness (QED) is 0.301. The Balaban J connectivity index is 3.82. The maximum atomic E-state index is 5.75. The molecule has 0 saturated carbocycles. The number of ether oxygens (including phenoxy) is 1. The van der Waals surface area contributed by atoms with Gasteiger partial charge < -0.3 is 4.74 Å². The molecule has 0 fully saturated rings. The van der Waals surface area contributed by atoms with Crippen molar-refractivity contribution in [3.05, 3.63) is 24.0 Å². The monoisotopic (exact) mass is 224 g/mol. The van der Waals surface area contributed by atoms with Crippen molar-refractivity contribution >= 4 is 0 Å². The van der Waals surface area contributed by atoms with Crippen LogP contribution >= 0.6 is 0 Å². The average molecular weight is 224 g/mol. The summed E-state index contributed by atoms with van der Waals surface area (Å²) in [5.41, 5.74) is 0. The predicted octanol–water partition coefficient (Wildman–Crippen LogP) is 5.09. The van der Waals surface area contributed by atoms with Crippen LogP contribution in [0.25, 0.3) is 0 Å². The van der Waals surface area contributed by atoms with Gasteiger partial charge in [0, 0.05) is 0 Å². The lowest BCUT2D eigenvalue weighted by atomic mass is 10.2. The Kier molecular flexibility index (Phi) is 10.3. The van der Waals surface area contributed by atoms with E-state index in [1.165, 1.54) is 25.7 Å². The molecule has 0 heterocycles. The molecule has 0 atom stereocenters. The highest BCUT2D eigenvalue weighted by molar-refractivity contribution is 5.12. The summed E-state index contributed by atoms with van der Waals surface area (Å²) < 4.78 is 5.75. The smallest absolute Gasteiger partial charge is 0.114 e. The molecule has 0 bridgehead atoms. The van der Waals surface area contributed by atoms with Gasteiger partial charge in [0.2, 0.25) is 0 Å². The van der Waals surface area contributed by atoms with Crippen LogP contribution in [0.3, 0.4) is 0 Å². The minimum Gasteiger partial charge on any atom is -0.494 e. The maximum Gasteiger partial charge on any atom is 0.114 e. The standard InChI is InChI=1S/C15H28O/c1-5-7-8-9-13-16-15(10-6-2)12-11-14(3)4/h10-12,14H,5-9,13H2,1-4H3/b12-11-,15-10+. The van der Waals surface area contributed by atoms with Crippen LogP contribution in [0, 0.1) is 5.92 Å². The van der Waals surface area contributed by atoms with Crippen LogP contribution in [0.5, 0.6) is 0 Å². The second-order valence-corrected chi connectivity index (χ2v) is 4.53. The molecule has 0 aliphatic carbocycles. The largest absolute Gasteiger partial charge is 0.494 e. The van der Waals surface area contributed by atoms with Gasteiger partial charge in [-0.3, -0.25) is 0 Å². The van der Waals surface area contributed by atoms with E-state index in [4.69, 9.17) is 4.74 Å². The molecule has 0 aromatic rings. The van der Waals surface area contributed by atoms with Crippen molar-refractivity contribution in [1.29, 1.82) is 0 Å². The Bertz CT molecular complexity index is 201. The van der Waals surface area contributed by atoms with Gasteiger partial charge in [-0.2, -0.15) is 0 Å². The lowest BCUT2D eigenvalue weighted by Gasteiger charge is -2.07. The molecule has 0 spiro atoms. The van der Waals surface area contributed by atoms with Crippen molar-refractivity contribution in [3.63, 3.8) is 0 Å². The summed E-state index contributed by atoms with van der Waals surface area (Å²) in [4.78, 5) is 0. The Hall–Kier alpha value is -0.720. The van der Waals surface area contributed by atoms with E-state index in [1.54, 1.807) is 0 Å². The zero-order valence-electron chi connectivity index (χ0n) is 11.5. The van der Waals surface area contributed by atoms with E-state index in [-0.39, 0.29) is 0 Å². The van der Waals surface area contributed by atoms with Gasteiger partial charge in [0.05, 0.1) is 6.61 Å². The molecule has 0 aromatic heterocycles. The first-order valence-electron chi connectivity index (χ1n) is 6.71. The molecule has 0 N–H and O–H groups in total. The van der Waals surface area contributed by atoms with Crippen molar-refractivity contribution in [1.82, 2.24) is 0 Å². The molecule has 16 heavy (non-hydrogen) atoms. The Morgan fingerprint density at radius 2 is 1.88 bits per heavy atom. The van der Waals surface area contributed by atoms with Gasteiger partial charge in [0.1, 0.15) is 5.76 Å². The van der Waals surface area contributed by atoms with Gasteiger partial charge in [-0.1, -0.05) is 53.0 Å². The van der Waals surface area contributed by atoms with E-state index < -0.39 is 0 Å². The van der Waals surface area contributed by atoms with E-state index in [0.29, 0.717) is 5.92 Å². The second-order valence-electron chi connectivity index (χ2n) is 4.53. The van der Waals surface area contributed by atoms with Crippen LogP contribution in [0.15, 0.2) is 24.0 Å². The highest BCUT2D eigenvalue weighted by atomic mass is 16.5. The summed E-state index contributed by atoms with van der Waals surface area (Å²) in [5, 5.41) is 0. The van der Waals surface area contributed by atoms with Crippen LogP contribution in [0.4, 0.5) is 0 Å². The summed E-state index contributed by atoms with van der Waals surface area (Å²) in [5.74, 6) is 1.62. The normalized spacial score (nSPS) is 12.7. The van der Waals surface area contributed by atoms with Gasteiger partial charge in [-0.25, -0.2) is 0 Å². The van der Waals surface area contributed by atoms with E-state index >= 15 is 0 Å². The van der Waals surface area contributed by atoms with Crippen molar-refractivity contribution in [2.24, 2.45) is 5.92 Å². The van der Waals surface area contributed by atoms with Crippen molar-refractivity contribution < 1.29 is 4.74 Å². The summed E-state index contributed by atoms with van der Waals surface area (Å²) >= 11 is 0. The minimum absolute atomic E-state index is 0.587. The van der Waals surface area contributed by atoms with Gasteiger partial charge >= 0.3 is 0 Å². The topological polar surface area (TPSA) is 9.23 Å². The molecule has 0 unspecified atom stereocenters. The van der Waals surface area contributed by atoms with Crippen molar-refractivity contribution in [3.8, 4) is 0 Å². The first-order chi connectivity index (χ1) is 7.70. The minimum atomic E-state index is 0.587. The molecule has 0 aliphatic rings. The van der Waals surface area contributed by atoms with Crippen LogP contribution in [0.1, 0.15) is 59.8 Å². The number of rotatable bonds is 9. The number of unbranched alkanes of at least 4 members (excludes halogenated alkanes) is 3. The fourth-order valence-corrected chi connectivity index (χ4v) is 1.38. The van der Waals surface area contributed by atoms with Crippen LogP contribution in [-0.4, -0.2) is 6.61 Å². The first kappa shape index (κ1) is 15.3. The van der Waals surface area contributed by atoms with E-state index in [0.717, 1.165) is 18.8 Å². The summed E-state index contributed by atoms with van der Waals surface area (Å²) in [6, 6.07) is 0. The van der Waals surface area contributed by atoms with Crippen molar-refractivity contribution in [2.75, 3.05) is 6.61 Å². The van der Waals surface area contributed by atoms with Crippen LogP contribution in [0.2, 0.25) is 0 Å². The molecule has 94 valence electrons. The molecule has 0 aromatic carbocycles. The van der Waals surface area contributed by atoms with Crippen LogP contribution in [-0.2, 0) is 4.74 Å². The molecule has 0 radical (unpaired) electrons. The summed E-state index contributed by atoms with van der Waals surface area (Å²) in [6.45, 7) is 9.59. The van der Waals surface area contributed by atoms with Gasteiger partial charge in [-0.05, 0) is 30.9 Å². The molecule has 0 amide bonds. The lowest BCUT2D eigenvalue weighted by molar-refractivity contribution is 0.215. The van der Waals surface area contributed by atoms with Crippen molar-refractivity contribution in [2.45, 2.75) is 59.8 Å². The second kappa shape index (κ2) is 10.8. The number of hydrogen-bond acceptors (Lipinski definition) is 1. The number of hydrogen-bond donors (Lipinski definition) is 0. The highest BCUT2D eigenvalue weighted by Crippen LogP contribution is 2.07. The Labute approximate surface area is 102 Å². The maximum absolute atomic E-state index is 5.75. The molecular formula is C15H28O.